The summed E-state index contributed by atoms with van der Waals surface area (Å²) >= 11 is 0. The van der Waals surface area contributed by atoms with Gasteiger partial charge in [-0.2, -0.15) is 4.31 Å². The predicted molar refractivity (Wildman–Crippen MR) is 84.0 cm³/mol. The third-order valence-electron chi connectivity index (χ3n) is 3.57. The average Bonchev–Trinajstić information content (AvgIpc) is 2.75. The van der Waals surface area contributed by atoms with Crippen LogP contribution in [-0.2, 0) is 14.8 Å². The molecule has 5 nitrogen and oxygen atoms in total. The van der Waals surface area contributed by atoms with E-state index in [0.29, 0.717) is 6.42 Å². The van der Waals surface area contributed by atoms with Crippen LogP contribution in [-0.4, -0.2) is 31.0 Å². The first-order valence-corrected chi connectivity index (χ1v) is 8.68. The van der Waals surface area contributed by atoms with Crippen LogP contribution in [0.4, 0.5) is 4.79 Å². The van der Waals surface area contributed by atoms with Crippen molar-refractivity contribution in [2.45, 2.75) is 51.2 Å². The number of allylic oxidation sites excluding steroid dienone is 1. The molecule has 1 heterocycles. The molecule has 1 amide bonds. The Morgan fingerprint density at radius 2 is 1.86 bits per heavy atom. The Kier molecular flexibility index (Phi) is 4.60. The lowest BCUT2D eigenvalue weighted by molar-refractivity contribution is 0.132. The van der Waals surface area contributed by atoms with E-state index >= 15 is 0 Å². The van der Waals surface area contributed by atoms with Crippen molar-refractivity contribution in [2.24, 2.45) is 0 Å². The number of carbonyl (C=O) groups is 1. The van der Waals surface area contributed by atoms with Gasteiger partial charge in [-0.25, -0.2) is 13.2 Å². The number of amides is 1. The number of ether oxygens (including phenoxy) is 1. The largest absolute Gasteiger partial charge is 0.443 e. The molecule has 1 aromatic rings. The fourth-order valence-electron chi connectivity index (χ4n) is 2.45. The SMILES string of the molecule is CC[C@@H]1OC(=O)N(S(=O)(=O)c2ccc(C)cc2)[C@@H]1C=C(C)C. The van der Waals surface area contributed by atoms with Crippen LogP contribution in [0, 0.1) is 6.92 Å². The number of hydrogen-bond acceptors (Lipinski definition) is 4. The Labute approximate surface area is 131 Å². The van der Waals surface area contributed by atoms with Gasteiger partial charge in [0.25, 0.3) is 10.0 Å². The number of aryl methyl sites for hydroxylation is 1. The van der Waals surface area contributed by atoms with E-state index in [2.05, 4.69) is 0 Å². The first-order valence-electron chi connectivity index (χ1n) is 7.24. The molecule has 0 aliphatic carbocycles. The molecular formula is C16H21NO4S. The second-order valence-corrected chi connectivity index (χ2v) is 7.49. The van der Waals surface area contributed by atoms with Gasteiger partial charge in [0, 0.05) is 0 Å². The molecule has 22 heavy (non-hydrogen) atoms. The fourth-order valence-corrected chi connectivity index (χ4v) is 3.91. The molecule has 1 aliphatic rings. The van der Waals surface area contributed by atoms with Crippen LogP contribution >= 0.6 is 0 Å². The first-order chi connectivity index (χ1) is 10.3. The number of sulfonamides is 1. The standard InChI is InChI=1S/C16H21NO4S/c1-5-15-14(10-11(2)3)17(16(18)21-15)22(19,20)13-8-6-12(4)7-9-13/h6-10,14-15H,5H2,1-4H3/t14-,15+/m1/s1. The first kappa shape index (κ1) is 16.5. The maximum atomic E-state index is 12.8. The van der Waals surface area contributed by atoms with Crippen LogP contribution in [0.25, 0.3) is 0 Å². The minimum Gasteiger partial charge on any atom is -0.443 e. The van der Waals surface area contributed by atoms with Crippen molar-refractivity contribution >= 4 is 16.1 Å². The molecule has 1 aliphatic heterocycles. The van der Waals surface area contributed by atoms with Gasteiger partial charge >= 0.3 is 6.09 Å². The summed E-state index contributed by atoms with van der Waals surface area (Å²) in [7, 11) is -3.93. The number of rotatable bonds is 4. The zero-order valence-corrected chi connectivity index (χ0v) is 14.1. The zero-order valence-electron chi connectivity index (χ0n) is 13.2. The minimum absolute atomic E-state index is 0.0963. The summed E-state index contributed by atoms with van der Waals surface area (Å²) in [5.41, 5.74) is 1.89. The summed E-state index contributed by atoms with van der Waals surface area (Å²) in [4.78, 5) is 12.2. The van der Waals surface area contributed by atoms with Gasteiger partial charge in [-0.1, -0.05) is 36.3 Å². The number of cyclic esters (lactones) is 1. The summed E-state index contributed by atoms with van der Waals surface area (Å²) in [5.74, 6) is 0. The van der Waals surface area contributed by atoms with Crippen molar-refractivity contribution in [1.82, 2.24) is 4.31 Å². The van der Waals surface area contributed by atoms with E-state index in [-0.39, 0.29) is 4.90 Å². The summed E-state index contributed by atoms with van der Waals surface area (Å²) in [6.07, 6.45) is 1.06. The van der Waals surface area contributed by atoms with Crippen LogP contribution in [0.5, 0.6) is 0 Å². The monoisotopic (exact) mass is 323 g/mol. The highest BCUT2D eigenvalue weighted by molar-refractivity contribution is 7.89. The van der Waals surface area contributed by atoms with Crippen LogP contribution in [0.2, 0.25) is 0 Å². The van der Waals surface area contributed by atoms with Crippen LogP contribution < -0.4 is 0 Å². The molecule has 0 radical (unpaired) electrons. The van der Waals surface area contributed by atoms with Gasteiger partial charge in [0.1, 0.15) is 12.1 Å². The molecule has 6 heteroatoms. The molecule has 2 atom stereocenters. The molecule has 1 saturated heterocycles. The molecule has 0 N–H and O–H groups in total. The Hall–Kier alpha value is -1.82. The van der Waals surface area contributed by atoms with E-state index in [1.807, 2.05) is 27.7 Å². The lowest BCUT2D eigenvalue weighted by Gasteiger charge is -2.21. The van der Waals surface area contributed by atoms with Crippen molar-refractivity contribution in [3.05, 3.63) is 41.5 Å². The molecule has 120 valence electrons. The van der Waals surface area contributed by atoms with Gasteiger partial charge in [0.15, 0.2) is 0 Å². The van der Waals surface area contributed by atoms with Crippen LogP contribution in [0.3, 0.4) is 0 Å². The van der Waals surface area contributed by atoms with E-state index < -0.39 is 28.3 Å². The van der Waals surface area contributed by atoms with Gasteiger partial charge in [0.05, 0.1) is 4.90 Å². The number of hydrogen-bond donors (Lipinski definition) is 0. The quantitative estimate of drug-likeness (QED) is 0.798. The van der Waals surface area contributed by atoms with Gasteiger partial charge in [-0.05, 0) is 39.3 Å². The maximum Gasteiger partial charge on any atom is 0.424 e. The Morgan fingerprint density at radius 1 is 1.27 bits per heavy atom. The third-order valence-corrected chi connectivity index (χ3v) is 5.35. The number of nitrogens with zero attached hydrogens (tertiary/aromatic N) is 1. The van der Waals surface area contributed by atoms with E-state index in [1.165, 1.54) is 12.1 Å². The molecule has 1 aromatic carbocycles. The lowest BCUT2D eigenvalue weighted by atomic mass is 10.1. The van der Waals surface area contributed by atoms with Crippen LogP contribution in [0.1, 0.15) is 32.8 Å². The Bertz CT molecular complexity index is 687. The zero-order chi connectivity index (χ0) is 16.5. The van der Waals surface area contributed by atoms with Crippen LogP contribution in [0.15, 0.2) is 40.8 Å². The molecule has 0 saturated carbocycles. The summed E-state index contributed by atoms with van der Waals surface area (Å²) in [6, 6.07) is 5.84. The smallest absolute Gasteiger partial charge is 0.424 e. The molecule has 2 rings (SSSR count). The van der Waals surface area contributed by atoms with Crippen molar-refractivity contribution < 1.29 is 17.9 Å². The van der Waals surface area contributed by atoms with E-state index in [0.717, 1.165) is 15.4 Å². The summed E-state index contributed by atoms with van der Waals surface area (Å²) in [5, 5.41) is 0. The average molecular weight is 323 g/mol. The van der Waals surface area contributed by atoms with Crippen molar-refractivity contribution in [1.29, 1.82) is 0 Å². The van der Waals surface area contributed by atoms with Crippen molar-refractivity contribution in [3.8, 4) is 0 Å². The number of carbonyl (C=O) groups excluding carboxylic acids is 1. The van der Waals surface area contributed by atoms with E-state index in [4.69, 9.17) is 4.74 Å². The fraction of sp³-hybridized carbons (Fsp3) is 0.438. The van der Waals surface area contributed by atoms with E-state index in [9.17, 15) is 13.2 Å². The second-order valence-electron chi connectivity index (χ2n) is 5.68. The lowest BCUT2D eigenvalue weighted by Crippen LogP contribution is -2.40. The van der Waals surface area contributed by atoms with E-state index in [1.54, 1.807) is 18.2 Å². The normalized spacial score (nSPS) is 21.6. The Morgan fingerprint density at radius 3 is 2.36 bits per heavy atom. The van der Waals surface area contributed by atoms with Gasteiger partial charge < -0.3 is 4.74 Å². The maximum absolute atomic E-state index is 12.8. The topological polar surface area (TPSA) is 63.7 Å². The highest BCUT2D eigenvalue weighted by Crippen LogP contribution is 2.30. The van der Waals surface area contributed by atoms with Crippen molar-refractivity contribution in [3.63, 3.8) is 0 Å². The third kappa shape index (κ3) is 3.02. The van der Waals surface area contributed by atoms with Gasteiger partial charge in [0.2, 0.25) is 0 Å². The summed E-state index contributed by atoms with van der Waals surface area (Å²) in [6.45, 7) is 7.48. The Balaban J connectivity index is 2.49. The van der Waals surface area contributed by atoms with Gasteiger partial charge in [-0.3, -0.25) is 0 Å². The molecular weight excluding hydrogens is 302 g/mol. The highest BCUT2D eigenvalue weighted by atomic mass is 32.2. The molecule has 0 unspecified atom stereocenters. The minimum atomic E-state index is -3.93. The highest BCUT2D eigenvalue weighted by Gasteiger charge is 2.46. The predicted octanol–water partition coefficient (Wildman–Crippen LogP) is 3.25. The molecule has 0 spiro atoms. The summed E-state index contributed by atoms with van der Waals surface area (Å²) < 4.78 is 31.7. The number of benzene rings is 1. The molecule has 1 fully saturated rings. The van der Waals surface area contributed by atoms with Gasteiger partial charge in [-0.15, -0.1) is 0 Å². The molecule has 0 bridgehead atoms. The molecule has 0 aromatic heterocycles. The van der Waals surface area contributed by atoms with Crippen molar-refractivity contribution in [2.75, 3.05) is 0 Å². The second kappa shape index (κ2) is 6.12.